The van der Waals surface area contributed by atoms with Gasteiger partial charge in [-0.1, -0.05) is 24.6 Å². The van der Waals surface area contributed by atoms with Gasteiger partial charge >= 0.3 is 6.03 Å². The van der Waals surface area contributed by atoms with Crippen molar-refractivity contribution in [3.05, 3.63) is 28.8 Å². The van der Waals surface area contributed by atoms with Crippen molar-refractivity contribution in [1.82, 2.24) is 14.5 Å². The van der Waals surface area contributed by atoms with Gasteiger partial charge in [0, 0.05) is 32.7 Å². The quantitative estimate of drug-likeness (QED) is 0.900. The third-order valence-corrected chi connectivity index (χ3v) is 6.46. The van der Waals surface area contributed by atoms with Gasteiger partial charge in [0.05, 0.1) is 4.90 Å². The zero-order valence-corrected chi connectivity index (χ0v) is 15.7. The Balaban J connectivity index is 2.12. The molecule has 0 bridgehead atoms. The summed E-state index contributed by atoms with van der Waals surface area (Å²) in [5.41, 5.74) is 2.60. The molecule has 0 unspecified atom stereocenters. The first-order valence-corrected chi connectivity index (χ1v) is 9.82. The van der Waals surface area contributed by atoms with Crippen LogP contribution in [0.15, 0.2) is 17.0 Å². The molecule has 1 fully saturated rings. The lowest BCUT2D eigenvalue weighted by Gasteiger charge is -2.34. The van der Waals surface area contributed by atoms with Crippen LogP contribution in [0.1, 0.15) is 30.0 Å². The number of hydrogen-bond acceptors (Lipinski definition) is 3. The molecule has 0 saturated carbocycles. The summed E-state index contributed by atoms with van der Waals surface area (Å²) in [7, 11) is -3.53. The lowest BCUT2D eigenvalue weighted by Crippen LogP contribution is -2.53. The van der Waals surface area contributed by atoms with E-state index in [2.05, 4.69) is 5.32 Å². The topological polar surface area (TPSA) is 69.7 Å². The van der Waals surface area contributed by atoms with Gasteiger partial charge in [0.25, 0.3) is 0 Å². The van der Waals surface area contributed by atoms with E-state index in [0.29, 0.717) is 37.6 Å². The van der Waals surface area contributed by atoms with E-state index in [1.807, 2.05) is 39.8 Å². The number of rotatable bonds is 4. The summed E-state index contributed by atoms with van der Waals surface area (Å²) >= 11 is 0. The van der Waals surface area contributed by atoms with E-state index in [1.165, 1.54) is 4.31 Å². The smallest absolute Gasteiger partial charge is 0.317 e. The first-order chi connectivity index (χ1) is 11.3. The molecular formula is C17H27N3O3S. The number of sulfonamides is 1. The minimum Gasteiger partial charge on any atom is -0.338 e. The molecule has 0 spiro atoms. The minimum atomic E-state index is -3.53. The summed E-state index contributed by atoms with van der Waals surface area (Å²) in [5, 5.41) is 2.83. The summed E-state index contributed by atoms with van der Waals surface area (Å²) in [5.74, 6) is 0. The molecule has 24 heavy (non-hydrogen) atoms. The Kier molecular flexibility index (Phi) is 5.87. The van der Waals surface area contributed by atoms with Gasteiger partial charge in [0.2, 0.25) is 10.0 Å². The van der Waals surface area contributed by atoms with Crippen molar-refractivity contribution in [2.75, 3.05) is 32.7 Å². The third-order valence-electron chi connectivity index (χ3n) is 4.25. The maximum absolute atomic E-state index is 13.0. The fraction of sp³-hybridized carbons (Fsp3) is 0.588. The van der Waals surface area contributed by atoms with E-state index in [1.54, 1.807) is 4.90 Å². The highest BCUT2D eigenvalue weighted by Gasteiger charge is 2.32. The number of carbonyl (C=O) groups is 1. The monoisotopic (exact) mass is 353 g/mol. The largest absolute Gasteiger partial charge is 0.338 e. The van der Waals surface area contributed by atoms with Gasteiger partial charge in [-0.2, -0.15) is 4.31 Å². The van der Waals surface area contributed by atoms with Crippen LogP contribution in [0.25, 0.3) is 0 Å². The van der Waals surface area contributed by atoms with E-state index >= 15 is 0 Å². The van der Waals surface area contributed by atoms with Crippen molar-refractivity contribution in [1.29, 1.82) is 0 Å². The first kappa shape index (κ1) is 18.7. The van der Waals surface area contributed by atoms with Crippen molar-refractivity contribution >= 4 is 16.1 Å². The number of benzene rings is 1. The van der Waals surface area contributed by atoms with Gasteiger partial charge in [0.15, 0.2) is 0 Å². The molecular weight excluding hydrogens is 326 g/mol. The van der Waals surface area contributed by atoms with E-state index in [0.717, 1.165) is 23.1 Å². The van der Waals surface area contributed by atoms with E-state index in [-0.39, 0.29) is 6.03 Å². The molecule has 1 aromatic carbocycles. The highest BCUT2D eigenvalue weighted by Crippen LogP contribution is 2.26. The molecule has 2 amide bonds. The Morgan fingerprint density at radius 3 is 2.12 bits per heavy atom. The lowest BCUT2D eigenvalue weighted by atomic mass is 10.1. The molecule has 0 aromatic heterocycles. The number of hydrogen-bond donors (Lipinski definition) is 1. The summed E-state index contributed by atoms with van der Waals surface area (Å²) in [6.45, 7) is 9.75. The van der Waals surface area contributed by atoms with Crippen molar-refractivity contribution in [3.8, 4) is 0 Å². The summed E-state index contributed by atoms with van der Waals surface area (Å²) in [4.78, 5) is 14.1. The van der Waals surface area contributed by atoms with Gasteiger partial charge in [-0.25, -0.2) is 13.2 Å². The molecule has 0 aliphatic carbocycles. The molecule has 2 rings (SSSR count). The molecule has 1 heterocycles. The average molecular weight is 353 g/mol. The highest BCUT2D eigenvalue weighted by atomic mass is 32.2. The second kappa shape index (κ2) is 7.53. The number of nitrogens with one attached hydrogen (secondary N) is 1. The van der Waals surface area contributed by atoms with Crippen molar-refractivity contribution in [2.45, 2.75) is 39.0 Å². The van der Waals surface area contributed by atoms with Gasteiger partial charge in [0.1, 0.15) is 0 Å². The normalized spacial score (nSPS) is 16.2. The summed E-state index contributed by atoms with van der Waals surface area (Å²) in [6.07, 6.45) is 0.881. The number of piperazine rings is 1. The Labute approximate surface area is 144 Å². The van der Waals surface area contributed by atoms with Crippen LogP contribution < -0.4 is 5.32 Å². The summed E-state index contributed by atoms with van der Waals surface area (Å²) < 4.78 is 27.5. The first-order valence-electron chi connectivity index (χ1n) is 8.38. The van der Waals surface area contributed by atoms with Crippen LogP contribution in [0.2, 0.25) is 0 Å². The van der Waals surface area contributed by atoms with E-state index < -0.39 is 10.0 Å². The Bertz CT molecular complexity index is 685. The molecule has 1 aliphatic rings. The predicted octanol–water partition coefficient (Wildman–Crippen LogP) is 2.04. The molecule has 134 valence electrons. The van der Waals surface area contributed by atoms with Crippen LogP contribution in [0.4, 0.5) is 4.79 Å². The van der Waals surface area contributed by atoms with Crippen LogP contribution in [0.3, 0.4) is 0 Å². The average Bonchev–Trinajstić information content (AvgIpc) is 2.51. The van der Waals surface area contributed by atoms with E-state index in [4.69, 9.17) is 0 Å². The summed E-state index contributed by atoms with van der Waals surface area (Å²) in [6, 6.07) is 3.68. The molecule has 1 saturated heterocycles. The van der Waals surface area contributed by atoms with Gasteiger partial charge in [-0.3, -0.25) is 0 Å². The molecule has 1 N–H and O–H groups in total. The van der Waals surface area contributed by atoms with Gasteiger partial charge in [-0.15, -0.1) is 0 Å². The van der Waals surface area contributed by atoms with Gasteiger partial charge in [-0.05, 0) is 38.3 Å². The maximum Gasteiger partial charge on any atom is 0.317 e. The van der Waals surface area contributed by atoms with Crippen LogP contribution in [0, 0.1) is 20.8 Å². The molecule has 1 aromatic rings. The number of urea groups is 1. The SMILES string of the molecule is CCCNC(=O)N1CCN(S(=O)(=O)c2c(C)cc(C)cc2C)CC1. The predicted molar refractivity (Wildman–Crippen MR) is 94.7 cm³/mol. The Hall–Kier alpha value is -1.60. The fourth-order valence-corrected chi connectivity index (χ4v) is 5.01. The zero-order valence-electron chi connectivity index (χ0n) is 14.9. The standard InChI is InChI=1S/C17H27N3O3S/c1-5-6-18-17(21)19-7-9-20(10-8-19)24(22,23)16-14(3)11-13(2)12-15(16)4/h11-12H,5-10H2,1-4H3,(H,18,21). The van der Waals surface area contributed by atoms with Gasteiger partial charge < -0.3 is 10.2 Å². The van der Waals surface area contributed by atoms with Crippen LogP contribution in [-0.4, -0.2) is 56.4 Å². The van der Waals surface area contributed by atoms with Crippen molar-refractivity contribution in [2.24, 2.45) is 0 Å². The minimum absolute atomic E-state index is 0.114. The van der Waals surface area contributed by atoms with Crippen molar-refractivity contribution < 1.29 is 13.2 Å². The zero-order chi connectivity index (χ0) is 17.9. The second-order valence-electron chi connectivity index (χ2n) is 6.35. The number of carbonyl (C=O) groups excluding carboxylic acids is 1. The molecule has 6 nitrogen and oxygen atoms in total. The fourth-order valence-electron chi connectivity index (χ4n) is 3.18. The van der Waals surface area contributed by atoms with Crippen LogP contribution in [0.5, 0.6) is 0 Å². The highest BCUT2D eigenvalue weighted by molar-refractivity contribution is 7.89. The van der Waals surface area contributed by atoms with Crippen LogP contribution >= 0.6 is 0 Å². The number of aryl methyl sites for hydroxylation is 3. The third kappa shape index (κ3) is 3.89. The second-order valence-corrected chi connectivity index (χ2v) is 8.23. The molecule has 0 atom stereocenters. The van der Waals surface area contributed by atoms with Crippen molar-refractivity contribution in [3.63, 3.8) is 0 Å². The Morgan fingerprint density at radius 2 is 1.62 bits per heavy atom. The number of nitrogens with zero attached hydrogens (tertiary/aromatic N) is 2. The Morgan fingerprint density at radius 1 is 1.08 bits per heavy atom. The lowest BCUT2D eigenvalue weighted by molar-refractivity contribution is 0.172. The molecule has 7 heteroatoms. The molecule has 1 aliphatic heterocycles. The maximum atomic E-state index is 13.0. The molecule has 0 radical (unpaired) electrons. The van der Waals surface area contributed by atoms with E-state index in [9.17, 15) is 13.2 Å². The number of amides is 2. The van der Waals surface area contributed by atoms with Crippen LogP contribution in [-0.2, 0) is 10.0 Å².